The van der Waals surface area contributed by atoms with E-state index in [1.807, 2.05) is 39.0 Å². The number of rotatable bonds is 5. The van der Waals surface area contributed by atoms with Gasteiger partial charge < -0.3 is 15.4 Å². The number of nitrogens with one attached hydrogen (secondary N) is 2. The second kappa shape index (κ2) is 9.15. The number of nitrogens with zero attached hydrogens (tertiary/aromatic N) is 1. The number of aryl methyl sites for hydroxylation is 2. The average Bonchev–Trinajstić information content (AvgIpc) is 2.80. The fourth-order valence-corrected chi connectivity index (χ4v) is 5.67. The molecule has 1 atom stereocenters. The summed E-state index contributed by atoms with van der Waals surface area (Å²) in [7, 11) is -3.76. The van der Waals surface area contributed by atoms with Crippen molar-refractivity contribution < 1.29 is 22.7 Å². The summed E-state index contributed by atoms with van der Waals surface area (Å²) in [6, 6.07) is 10.4. The average molecular weight is 472 g/mol. The van der Waals surface area contributed by atoms with E-state index >= 15 is 0 Å². The van der Waals surface area contributed by atoms with E-state index in [4.69, 9.17) is 4.74 Å². The molecule has 2 aliphatic heterocycles. The van der Waals surface area contributed by atoms with Gasteiger partial charge in [0.15, 0.2) is 6.10 Å². The smallest absolute Gasteiger partial charge is 0.265 e. The third kappa shape index (κ3) is 4.74. The predicted molar refractivity (Wildman–Crippen MR) is 126 cm³/mol. The van der Waals surface area contributed by atoms with Crippen LogP contribution < -0.4 is 15.4 Å². The van der Waals surface area contributed by atoms with Gasteiger partial charge >= 0.3 is 0 Å². The molecule has 1 fully saturated rings. The zero-order valence-corrected chi connectivity index (χ0v) is 19.9. The van der Waals surface area contributed by atoms with Crippen molar-refractivity contribution in [3.8, 4) is 5.75 Å². The Morgan fingerprint density at radius 3 is 2.58 bits per heavy atom. The molecule has 0 aliphatic carbocycles. The maximum absolute atomic E-state index is 13.2. The first kappa shape index (κ1) is 23.3. The Balaban J connectivity index is 1.42. The van der Waals surface area contributed by atoms with Crippen molar-refractivity contribution in [3.05, 3.63) is 47.5 Å². The number of sulfonamides is 1. The van der Waals surface area contributed by atoms with Crippen molar-refractivity contribution in [2.24, 2.45) is 5.92 Å². The number of benzene rings is 2. The number of fused-ring (bicyclic) bond motifs is 1. The zero-order valence-electron chi connectivity index (χ0n) is 19.1. The molecule has 0 spiro atoms. The molecule has 0 bridgehead atoms. The Bertz CT molecular complexity index is 1190. The molecule has 4 rings (SSSR count). The van der Waals surface area contributed by atoms with Crippen LogP contribution in [0.1, 0.15) is 37.3 Å². The Kier molecular flexibility index (Phi) is 6.45. The highest BCUT2D eigenvalue weighted by Crippen LogP contribution is 2.34. The molecular formula is C24H29N3O5S. The molecule has 176 valence electrons. The van der Waals surface area contributed by atoms with Crippen LogP contribution in [0.2, 0.25) is 0 Å². The first-order valence-electron chi connectivity index (χ1n) is 11.2. The number of hydrogen-bond donors (Lipinski definition) is 2. The monoisotopic (exact) mass is 471 g/mol. The first-order chi connectivity index (χ1) is 15.7. The highest BCUT2D eigenvalue weighted by Gasteiger charge is 2.34. The summed E-state index contributed by atoms with van der Waals surface area (Å²) in [6.45, 7) is 6.27. The fourth-order valence-electron chi connectivity index (χ4n) is 4.17. The van der Waals surface area contributed by atoms with Gasteiger partial charge in [0.25, 0.3) is 5.91 Å². The van der Waals surface area contributed by atoms with Gasteiger partial charge in [0.1, 0.15) is 5.75 Å². The standard InChI is InChI=1S/C24H29N3O5S/c1-4-21-24(29)26-20-14-18(7-8-22(20)32-21)33(30,31)27-11-9-17(10-12-27)23(28)25-19-13-15(2)5-6-16(19)3/h5-8,13-14,17,21H,4,9-12H2,1-3H3,(H,25,28)(H,26,29)/t21-/m1/s1. The number of amides is 2. The molecule has 8 nitrogen and oxygen atoms in total. The third-order valence-corrected chi connectivity index (χ3v) is 8.15. The molecule has 2 aromatic carbocycles. The molecule has 2 heterocycles. The number of carbonyl (C=O) groups excluding carboxylic acids is 2. The van der Waals surface area contributed by atoms with Gasteiger partial charge in [-0.1, -0.05) is 19.1 Å². The Morgan fingerprint density at radius 2 is 1.88 bits per heavy atom. The van der Waals surface area contributed by atoms with Crippen LogP contribution in [0.3, 0.4) is 0 Å². The minimum absolute atomic E-state index is 0.0835. The summed E-state index contributed by atoms with van der Waals surface area (Å²) in [4.78, 5) is 24.9. The number of hydrogen-bond acceptors (Lipinski definition) is 5. The highest BCUT2D eigenvalue weighted by molar-refractivity contribution is 7.89. The largest absolute Gasteiger partial charge is 0.478 e. The molecule has 2 aliphatic rings. The SMILES string of the molecule is CC[C@H]1Oc2ccc(S(=O)(=O)N3CCC(C(=O)Nc4cc(C)ccc4C)CC3)cc2NC1=O. The molecular weight excluding hydrogens is 442 g/mol. The van der Waals surface area contributed by atoms with E-state index < -0.39 is 16.1 Å². The van der Waals surface area contributed by atoms with Crippen molar-refractivity contribution in [1.82, 2.24) is 4.31 Å². The summed E-state index contributed by atoms with van der Waals surface area (Å²) in [5.41, 5.74) is 3.20. The molecule has 0 radical (unpaired) electrons. The van der Waals surface area contributed by atoms with Crippen molar-refractivity contribution in [3.63, 3.8) is 0 Å². The van der Waals surface area contributed by atoms with Crippen LogP contribution in [0, 0.1) is 19.8 Å². The van der Waals surface area contributed by atoms with Gasteiger partial charge in [0.05, 0.1) is 10.6 Å². The lowest BCUT2D eigenvalue weighted by Crippen LogP contribution is -2.41. The van der Waals surface area contributed by atoms with Crippen LogP contribution >= 0.6 is 0 Å². The summed E-state index contributed by atoms with van der Waals surface area (Å²) < 4.78 is 33.4. The second-order valence-corrected chi connectivity index (χ2v) is 10.6. The van der Waals surface area contributed by atoms with Crippen molar-refractivity contribution in [2.75, 3.05) is 23.7 Å². The van der Waals surface area contributed by atoms with Gasteiger partial charge in [-0.15, -0.1) is 0 Å². The van der Waals surface area contributed by atoms with E-state index in [1.54, 1.807) is 6.07 Å². The zero-order chi connectivity index (χ0) is 23.8. The summed E-state index contributed by atoms with van der Waals surface area (Å²) >= 11 is 0. The van der Waals surface area contributed by atoms with E-state index in [1.165, 1.54) is 16.4 Å². The van der Waals surface area contributed by atoms with Gasteiger partial charge in [-0.3, -0.25) is 9.59 Å². The highest BCUT2D eigenvalue weighted by atomic mass is 32.2. The normalized spacial score (nSPS) is 19.4. The van der Waals surface area contributed by atoms with Crippen molar-refractivity contribution in [2.45, 2.75) is 51.0 Å². The van der Waals surface area contributed by atoms with E-state index in [9.17, 15) is 18.0 Å². The molecule has 2 amide bonds. The van der Waals surface area contributed by atoms with Gasteiger partial charge in [-0.2, -0.15) is 4.31 Å². The van der Waals surface area contributed by atoms with Gasteiger partial charge in [-0.05, 0) is 68.5 Å². The lowest BCUT2D eigenvalue weighted by atomic mass is 9.97. The third-order valence-electron chi connectivity index (χ3n) is 6.25. The Hall–Kier alpha value is -2.91. The quantitative estimate of drug-likeness (QED) is 0.695. The molecule has 2 aromatic rings. The van der Waals surface area contributed by atoms with Crippen molar-refractivity contribution in [1.29, 1.82) is 0 Å². The summed E-state index contributed by atoms with van der Waals surface area (Å²) in [5.74, 6) is -0.157. The molecule has 1 saturated heterocycles. The predicted octanol–water partition coefficient (Wildman–Crippen LogP) is 3.45. The number of ether oxygens (including phenoxy) is 1. The molecule has 0 aromatic heterocycles. The number of anilines is 2. The maximum atomic E-state index is 13.2. The molecule has 0 unspecified atom stereocenters. The maximum Gasteiger partial charge on any atom is 0.265 e. The van der Waals surface area contributed by atoms with Crippen LogP contribution in [-0.4, -0.2) is 43.7 Å². The minimum atomic E-state index is -3.76. The fraction of sp³-hybridized carbons (Fsp3) is 0.417. The Labute approximate surface area is 194 Å². The molecule has 0 saturated carbocycles. The van der Waals surface area contributed by atoms with E-state index in [0.29, 0.717) is 30.7 Å². The summed E-state index contributed by atoms with van der Waals surface area (Å²) in [6.07, 6.45) is 0.837. The topological polar surface area (TPSA) is 105 Å². The number of piperidine rings is 1. The second-order valence-electron chi connectivity index (χ2n) is 8.65. The minimum Gasteiger partial charge on any atom is -0.478 e. The summed E-state index contributed by atoms with van der Waals surface area (Å²) in [5, 5.41) is 5.72. The first-order valence-corrected chi connectivity index (χ1v) is 12.6. The van der Waals surface area contributed by atoms with Gasteiger partial charge in [-0.25, -0.2) is 8.42 Å². The van der Waals surface area contributed by atoms with Gasteiger partial charge in [0, 0.05) is 24.7 Å². The van der Waals surface area contributed by atoms with Crippen LogP contribution in [-0.2, 0) is 19.6 Å². The number of carbonyl (C=O) groups is 2. The molecule has 2 N–H and O–H groups in total. The lowest BCUT2D eigenvalue weighted by Gasteiger charge is -2.31. The van der Waals surface area contributed by atoms with Crippen molar-refractivity contribution >= 4 is 33.2 Å². The van der Waals surface area contributed by atoms with Crippen LogP contribution in [0.4, 0.5) is 11.4 Å². The van der Waals surface area contributed by atoms with E-state index in [2.05, 4.69) is 10.6 Å². The Morgan fingerprint density at radius 1 is 1.15 bits per heavy atom. The van der Waals surface area contributed by atoms with Crippen LogP contribution in [0.5, 0.6) is 5.75 Å². The van der Waals surface area contributed by atoms with Crippen LogP contribution in [0.25, 0.3) is 0 Å². The molecule has 33 heavy (non-hydrogen) atoms. The van der Waals surface area contributed by atoms with E-state index in [-0.39, 0.29) is 35.7 Å². The van der Waals surface area contributed by atoms with Gasteiger partial charge in [0.2, 0.25) is 15.9 Å². The lowest BCUT2D eigenvalue weighted by molar-refractivity contribution is -0.123. The van der Waals surface area contributed by atoms with Crippen LogP contribution in [0.15, 0.2) is 41.3 Å². The molecule has 9 heteroatoms. The van der Waals surface area contributed by atoms with E-state index in [0.717, 1.165) is 16.8 Å².